The van der Waals surface area contributed by atoms with Gasteiger partial charge in [-0.25, -0.2) is 16.8 Å². The van der Waals surface area contributed by atoms with E-state index in [1.807, 2.05) is 0 Å². The van der Waals surface area contributed by atoms with Crippen LogP contribution in [0.4, 0.5) is 11.4 Å². The lowest BCUT2D eigenvalue weighted by atomic mass is 10.1. The van der Waals surface area contributed by atoms with E-state index in [2.05, 4.69) is 14.4 Å². The van der Waals surface area contributed by atoms with Crippen molar-refractivity contribution >= 4 is 43.2 Å². The number of nitrogens with zero attached hydrogens (tertiary/aromatic N) is 2. The molecule has 0 fully saturated rings. The Kier molecular flexibility index (Phi) is 4.59. The monoisotopic (exact) mass is 396 g/mol. The molecule has 1 aromatic rings. The summed E-state index contributed by atoms with van der Waals surface area (Å²) in [4.78, 5) is 14.1. The molecule has 2 heterocycles. The van der Waals surface area contributed by atoms with Crippen LogP contribution in [0, 0.1) is 0 Å². The van der Waals surface area contributed by atoms with Crippen LogP contribution in [0.2, 0.25) is 0 Å². The maximum atomic E-state index is 12.5. The second kappa shape index (κ2) is 6.57. The van der Waals surface area contributed by atoms with Gasteiger partial charge in [0.1, 0.15) is 0 Å². The molecule has 0 saturated carbocycles. The van der Waals surface area contributed by atoms with Crippen LogP contribution < -0.4 is 10.0 Å². The molecule has 0 unspecified atom stereocenters. The van der Waals surface area contributed by atoms with Gasteiger partial charge in [-0.2, -0.15) is 0 Å². The lowest BCUT2D eigenvalue weighted by molar-refractivity contribution is -0.112. The summed E-state index contributed by atoms with van der Waals surface area (Å²) in [5, 5.41) is 2.64. The number of anilines is 2. The number of carbonyl (C=O) groups excluding carboxylic acids is 1. The summed E-state index contributed by atoms with van der Waals surface area (Å²) in [5.74, 6) is -0.532. The first-order valence-electron chi connectivity index (χ1n) is 7.50. The van der Waals surface area contributed by atoms with Crippen LogP contribution in [-0.4, -0.2) is 52.0 Å². The Balaban J connectivity index is 1.78. The Morgan fingerprint density at radius 1 is 1.19 bits per heavy atom. The molecule has 26 heavy (non-hydrogen) atoms. The van der Waals surface area contributed by atoms with Crippen LogP contribution in [0.1, 0.15) is 0 Å². The van der Waals surface area contributed by atoms with Crippen LogP contribution in [0.5, 0.6) is 0 Å². The largest absolute Gasteiger partial charge is 0.331 e. The van der Waals surface area contributed by atoms with Crippen molar-refractivity contribution in [1.29, 1.82) is 0 Å². The Labute approximate surface area is 151 Å². The molecule has 0 atom stereocenters. The first-order chi connectivity index (χ1) is 12.1. The van der Waals surface area contributed by atoms with E-state index in [9.17, 15) is 21.6 Å². The minimum atomic E-state index is -3.59. The fourth-order valence-electron chi connectivity index (χ4n) is 2.43. The highest BCUT2D eigenvalue weighted by Crippen LogP contribution is 2.20. The molecule has 0 bridgehead atoms. The average Bonchev–Trinajstić information content (AvgIpc) is 2.54. The quantitative estimate of drug-likeness (QED) is 0.763. The number of carbonyl (C=O) groups is 1. The molecule has 0 aliphatic carbocycles. The highest BCUT2D eigenvalue weighted by molar-refractivity contribution is 7.92. The molecule has 0 radical (unpaired) electrons. The Bertz CT molecular complexity index is 1040. The zero-order valence-electron chi connectivity index (χ0n) is 13.7. The van der Waals surface area contributed by atoms with Crippen molar-refractivity contribution in [2.75, 3.05) is 28.6 Å². The second-order valence-electron chi connectivity index (χ2n) is 5.72. The van der Waals surface area contributed by atoms with Crippen LogP contribution in [0.15, 0.2) is 52.6 Å². The average molecular weight is 396 g/mol. The summed E-state index contributed by atoms with van der Waals surface area (Å²) in [5.41, 5.74) is 0.920. The molecular formula is C15H16N4O5S2. The third-order valence-electron chi connectivity index (χ3n) is 3.55. The van der Waals surface area contributed by atoms with Gasteiger partial charge in [0, 0.05) is 24.1 Å². The number of sulfonamides is 2. The van der Waals surface area contributed by atoms with E-state index >= 15 is 0 Å². The first-order valence-corrected chi connectivity index (χ1v) is 11.0. The number of hydrogen-bond donors (Lipinski definition) is 2. The zero-order valence-corrected chi connectivity index (χ0v) is 15.3. The molecule has 2 aliphatic rings. The van der Waals surface area contributed by atoms with Crippen LogP contribution in [-0.2, 0) is 24.8 Å². The number of amidine groups is 1. The molecular weight excluding hydrogens is 380 g/mol. The maximum Gasteiger partial charge on any atom is 0.259 e. The summed E-state index contributed by atoms with van der Waals surface area (Å²) in [6.07, 6.45) is 5.84. The lowest BCUT2D eigenvalue weighted by Gasteiger charge is -2.28. The van der Waals surface area contributed by atoms with Crippen molar-refractivity contribution in [2.24, 2.45) is 4.40 Å². The topological polar surface area (TPSA) is 125 Å². The van der Waals surface area contributed by atoms with E-state index in [-0.39, 0.29) is 23.7 Å². The normalized spacial score (nSPS) is 18.4. The summed E-state index contributed by atoms with van der Waals surface area (Å²) >= 11 is 0. The molecule has 11 heteroatoms. The minimum Gasteiger partial charge on any atom is -0.331 e. The molecule has 0 saturated heterocycles. The summed E-state index contributed by atoms with van der Waals surface area (Å²) in [7, 11) is -6.98. The Morgan fingerprint density at radius 2 is 1.85 bits per heavy atom. The number of allylic oxidation sites excluding steroid dienone is 2. The van der Waals surface area contributed by atoms with Gasteiger partial charge in [0.15, 0.2) is 5.84 Å². The number of rotatable bonds is 4. The minimum absolute atomic E-state index is 0.0895. The third-order valence-corrected chi connectivity index (χ3v) is 5.30. The van der Waals surface area contributed by atoms with Crippen molar-refractivity contribution in [3.63, 3.8) is 0 Å². The summed E-state index contributed by atoms with van der Waals surface area (Å²) in [6.45, 7) is 0.230. The molecule has 138 valence electrons. The van der Waals surface area contributed by atoms with E-state index in [1.165, 1.54) is 30.3 Å². The van der Waals surface area contributed by atoms with Crippen molar-refractivity contribution in [1.82, 2.24) is 4.90 Å². The molecule has 1 aromatic carbocycles. The van der Waals surface area contributed by atoms with E-state index in [4.69, 9.17) is 0 Å². The predicted molar refractivity (Wildman–Crippen MR) is 98.7 cm³/mol. The van der Waals surface area contributed by atoms with E-state index in [0.717, 1.165) is 6.26 Å². The number of hydrogen-bond acceptors (Lipinski definition) is 6. The highest BCUT2D eigenvalue weighted by Gasteiger charge is 2.29. The van der Waals surface area contributed by atoms with Gasteiger partial charge in [0.25, 0.3) is 15.9 Å². The summed E-state index contributed by atoms with van der Waals surface area (Å²) in [6, 6.07) is 6.06. The third kappa shape index (κ3) is 4.29. The molecule has 2 N–H and O–H groups in total. The fourth-order valence-corrected chi connectivity index (χ4v) is 3.98. The van der Waals surface area contributed by atoms with Gasteiger partial charge in [-0.05, 0) is 36.4 Å². The molecule has 1 amide bonds. The SMILES string of the molecule is CS(=O)(=O)Nc1ccc(NC(=O)C2=CC=CN3CCS(=O)(=O)N=C23)cc1. The van der Waals surface area contributed by atoms with Gasteiger partial charge >= 0.3 is 0 Å². The van der Waals surface area contributed by atoms with Crippen LogP contribution >= 0.6 is 0 Å². The zero-order chi connectivity index (χ0) is 18.9. The number of amides is 1. The van der Waals surface area contributed by atoms with E-state index in [0.29, 0.717) is 11.4 Å². The van der Waals surface area contributed by atoms with E-state index < -0.39 is 26.0 Å². The first kappa shape index (κ1) is 18.1. The molecule has 2 aliphatic heterocycles. The van der Waals surface area contributed by atoms with Crippen molar-refractivity contribution in [3.05, 3.63) is 48.2 Å². The van der Waals surface area contributed by atoms with Gasteiger partial charge < -0.3 is 10.2 Å². The Morgan fingerprint density at radius 3 is 2.50 bits per heavy atom. The predicted octanol–water partition coefficient (Wildman–Crippen LogP) is 0.494. The molecule has 3 rings (SSSR count). The second-order valence-corrected chi connectivity index (χ2v) is 9.22. The smallest absolute Gasteiger partial charge is 0.259 e. The van der Waals surface area contributed by atoms with Gasteiger partial charge in [0.05, 0.1) is 17.6 Å². The Hall–Kier alpha value is -2.66. The molecule has 0 aromatic heterocycles. The van der Waals surface area contributed by atoms with Crippen LogP contribution in [0.25, 0.3) is 0 Å². The molecule has 0 spiro atoms. The van der Waals surface area contributed by atoms with Crippen molar-refractivity contribution < 1.29 is 21.6 Å². The van der Waals surface area contributed by atoms with Crippen molar-refractivity contribution in [3.8, 4) is 0 Å². The van der Waals surface area contributed by atoms with Gasteiger partial charge in [-0.1, -0.05) is 0 Å². The van der Waals surface area contributed by atoms with Gasteiger partial charge in [-0.15, -0.1) is 4.40 Å². The van der Waals surface area contributed by atoms with Crippen LogP contribution in [0.3, 0.4) is 0 Å². The lowest BCUT2D eigenvalue weighted by Crippen LogP contribution is -2.40. The fraction of sp³-hybridized carbons (Fsp3) is 0.200. The number of fused-ring (bicyclic) bond motifs is 1. The number of nitrogens with one attached hydrogen (secondary N) is 2. The van der Waals surface area contributed by atoms with Gasteiger partial charge in [-0.3, -0.25) is 9.52 Å². The highest BCUT2D eigenvalue weighted by atomic mass is 32.2. The summed E-state index contributed by atoms with van der Waals surface area (Å²) < 4.78 is 51.9. The van der Waals surface area contributed by atoms with Gasteiger partial charge in [0.2, 0.25) is 10.0 Å². The van der Waals surface area contributed by atoms with Crippen molar-refractivity contribution in [2.45, 2.75) is 0 Å². The molecule has 9 nitrogen and oxygen atoms in total. The standard InChI is InChI=1S/C15H16N4O5S2/c1-25(21,22)17-12-6-4-11(5-7-12)16-15(20)13-3-2-8-19-9-10-26(23,24)18-14(13)19/h2-8,17H,9-10H2,1H3,(H,16,20). The maximum absolute atomic E-state index is 12.5. The number of benzene rings is 1. The van der Waals surface area contributed by atoms with E-state index in [1.54, 1.807) is 17.2 Å².